The topological polar surface area (TPSA) is 53.1 Å². The zero-order chi connectivity index (χ0) is 14.9. The average Bonchev–Trinajstić information content (AvgIpc) is 3.02. The van der Waals surface area contributed by atoms with Gasteiger partial charge in [0.1, 0.15) is 17.5 Å². The molecule has 1 aromatic heterocycles. The third kappa shape index (κ3) is 5.50. The first-order valence-corrected chi connectivity index (χ1v) is 8.40. The van der Waals surface area contributed by atoms with Crippen molar-refractivity contribution in [1.82, 2.24) is 14.9 Å². The molecule has 0 bridgehead atoms. The molecule has 1 aliphatic rings. The molecule has 0 atom stereocenters. The summed E-state index contributed by atoms with van der Waals surface area (Å²) in [6.07, 6.45) is 5.87. The molecular formula is C16H29N5. The molecule has 2 rings (SSSR count). The zero-order valence-electron chi connectivity index (χ0n) is 13.5. The molecule has 118 valence electrons. The number of nitrogens with one attached hydrogen (secondary N) is 2. The predicted molar refractivity (Wildman–Crippen MR) is 89.0 cm³/mol. The quantitative estimate of drug-likeness (QED) is 0.685. The third-order valence-corrected chi connectivity index (χ3v) is 3.80. The molecule has 0 saturated carbocycles. The summed E-state index contributed by atoms with van der Waals surface area (Å²) in [5.74, 6) is 2.78. The SMILES string of the molecule is CCCNc1cc(NCCCN2CCCC2)nc(CC)n1. The fraction of sp³-hybridized carbons (Fsp3) is 0.750. The van der Waals surface area contributed by atoms with Crippen LogP contribution >= 0.6 is 0 Å². The fourth-order valence-electron chi connectivity index (χ4n) is 2.61. The van der Waals surface area contributed by atoms with Crippen molar-refractivity contribution >= 4 is 11.6 Å². The second kappa shape index (κ2) is 8.82. The standard InChI is InChI=1S/C16H29N5/c1-3-8-17-15-13-16(20-14(4-2)19-15)18-9-7-12-21-10-5-6-11-21/h13H,3-12H2,1-2H3,(H2,17,18,19,20). The van der Waals surface area contributed by atoms with E-state index in [1.54, 1.807) is 0 Å². The molecule has 0 spiro atoms. The molecule has 0 unspecified atom stereocenters. The second-order valence-electron chi connectivity index (χ2n) is 5.66. The van der Waals surface area contributed by atoms with Crippen LogP contribution in [0.4, 0.5) is 11.6 Å². The van der Waals surface area contributed by atoms with Gasteiger partial charge in [-0.2, -0.15) is 0 Å². The van der Waals surface area contributed by atoms with Crippen LogP contribution in [0.25, 0.3) is 0 Å². The summed E-state index contributed by atoms with van der Waals surface area (Å²) < 4.78 is 0. The molecule has 1 fully saturated rings. The van der Waals surface area contributed by atoms with Crippen molar-refractivity contribution in [2.75, 3.05) is 43.4 Å². The Labute approximate surface area is 128 Å². The number of rotatable bonds is 9. The normalized spacial score (nSPS) is 15.3. The van der Waals surface area contributed by atoms with Gasteiger partial charge in [0.25, 0.3) is 0 Å². The van der Waals surface area contributed by atoms with E-state index in [4.69, 9.17) is 0 Å². The van der Waals surface area contributed by atoms with E-state index < -0.39 is 0 Å². The highest BCUT2D eigenvalue weighted by Crippen LogP contribution is 2.12. The minimum absolute atomic E-state index is 0.865. The van der Waals surface area contributed by atoms with Gasteiger partial charge in [0.2, 0.25) is 0 Å². The molecule has 2 N–H and O–H groups in total. The van der Waals surface area contributed by atoms with Crippen molar-refractivity contribution < 1.29 is 0 Å². The number of likely N-dealkylation sites (tertiary alicyclic amines) is 1. The van der Waals surface area contributed by atoms with Crippen molar-refractivity contribution in [3.63, 3.8) is 0 Å². The first kappa shape index (κ1) is 16.0. The molecular weight excluding hydrogens is 262 g/mol. The van der Waals surface area contributed by atoms with Crippen LogP contribution in [0.3, 0.4) is 0 Å². The minimum atomic E-state index is 0.865. The van der Waals surface area contributed by atoms with Crippen molar-refractivity contribution in [2.24, 2.45) is 0 Å². The van der Waals surface area contributed by atoms with E-state index in [2.05, 4.69) is 39.3 Å². The number of nitrogens with zero attached hydrogens (tertiary/aromatic N) is 3. The average molecular weight is 291 g/mol. The smallest absolute Gasteiger partial charge is 0.132 e. The van der Waals surface area contributed by atoms with Gasteiger partial charge in [-0.1, -0.05) is 13.8 Å². The Morgan fingerprint density at radius 3 is 2.33 bits per heavy atom. The molecule has 0 radical (unpaired) electrons. The summed E-state index contributed by atoms with van der Waals surface area (Å²) in [7, 11) is 0. The first-order valence-electron chi connectivity index (χ1n) is 8.40. The molecule has 1 aliphatic heterocycles. The van der Waals surface area contributed by atoms with Crippen molar-refractivity contribution in [2.45, 2.75) is 46.0 Å². The van der Waals surface area contributed by atoms with Gasteiger partial charge in [0.05, 0.1) is 0 Å². The van der Waals surface area contributed by atoms with E-state index in [0.717, 1.165) is 43.4 Å². The molecule has 1 aromatic rings. The number of aromatic nitrogens is 2. The maximum Gasteiger partial charge on any atom is 0.132 e. The van der Waals surface area contributed by atoms with Gasteiger partial charge in [-0.25, -0.2) is 9.97 Å². The zero-order valence-corrected chi connectivity index (χ0v) is 13.5. The Hall–Kier alpha value is -1.36. The third-order valence-electron chi connectivity index (χ3n) is 3.80. The summed E-state index contributed by atoms with van der Waals surface area (Å²) in [5, 5.41) is 6.79. The maximum absolute atomic E-state index is 4.55. The maximum atomic E-state index is 4.55. The molecule has 5 nitrogen and oxygen atoms in total. The number of hydrogen-bond donors (Lipinski definition) is 2. The Bertz CT molecular complexity index is 415. The predicted octanol–water partition coefficient (Wildman–Crippen LogP) is 2.76. The molecule has 0 aromatic carbocycles. The van der Waals surface area contributed by atoms with E-state index in [1.807, 2.05) is 6.07 Å². The first-order chi connectivity index (χ1) is 10.3. The second-order valence-corrected chi connectivity index (χ2v) is 5.66. The highest BCUT2D eigenvalue weighted by molar-refractivity contribution is 5.47. The van der Waals surface area contributed by atoms with Crippen LogP contribution in [0.2, 0.25) is 0 Å². The van der Waals surface area contributed by atoms with Crippen LogP contribution in [0, 0.1) is 0 Å². The van der Waals surface area contributed by atoms with Gasteiger partial charge in [0, 0.05) is 25.6 Å². The Balaban J connectivity index is 1.80. The van der Waals surface area contributed by atoms with Crippen molar-refractivity contribution in [1.29, 1.82) is 0 Å². The Kier molecular flexibility index (Phi) is 6.73. The van der Waals surface area contributed by atoms with Crippen LogP contribution in [0.1, 0.15) is 45.4 Å². The Morgan fingerprint density at radius 1 is 1.05 bits per heavy atom. The van der Waals surface area contributed by atoms with Gasteiger partial charge in [-0.3, -0.25) is 0 Å². The largest absolute Gasteiger partial charge is 0.370 e. The van der Waals surface area contributed by atoms with Gasteiger partial charge in [0.15, 0.2) is 0 Å². The minimum Gasteiger partial charge on any atom is -0.370 e. The van der Waals surface area contributed by atoms with E-state index in [0.29, 0.717) is 0 Å². The fourth-order valence-corrected chi connectivity index (χ4v) is 2.61. The molecule has 0 amide bonds. The lowest BCUT2D eigenvalue weighted by Crippen LogP contribution is -2.22. The summed E-state index contributed by atoms with van der Waals surface area (Å²) in [6, 6.07) is 2.02. The lowest BCUT2D eigenvalue weighted by atomic mass is 10.3. The lowest BCUT2D eigenvalue weighted by molar-refractivity contribution is 0.337. The van der Waals surface area contributed by atoms with E-state index in [-0.39, 0.29) is 0 Å². The molecule has 21 heavy (non-hydrogen) atoms. The number of anilines is 2. The monoisotopic (exact) mass is 291 g/mol. The van der Waals surface area contributed by atoms with Crippen LogP contribution in [-0.4, -0.2) is 47.6 Å². The van der Waals surface area contributed by atoms with Crippen molar-refractivity contribution in [3.05, 3.63) is 11.9 Å². The molecule has 1 saturated heterocycles. The summed E-state index contributed by atoms with van der Waals surface area (Å²) in [6.45, 7) is 9.93. The van der Waals surface area contributed by atoms with Crippen molar-refractivity contribution in [3.8, 4) is 0 Å². The summed E-state index contributed by atoms with van der Waals surface area (Å²) in [5.41, 5.74) is 0. The van der Waals surface area contributed by atoms with E-state index in [9.17, 15) is 0 Å². The molecule has 0 aliphatic carbocycles. The van der Waals surface area contributed by atoms with Crippen LogP contribution in [0.15, 0.2) is 6.07 Å². The van der Waals surface area contributed by atoms with E-state index >= 15 is 0 Å². The summed E-state index contributed by atoms with van der Waals surface area (Å²) >= 11 is 0. The van der Waals surface area contributed by atoms with Gasteiger partial charge < -0.3 is 15.5 Å². The number of hydrogen-bond acceptors (Lipinski definition) is 5. The molecule has 2 heterocycles. The van der Waals surface area contributed by atoms with E-state index in [1.165, 1.54) is 38.9 Å². The van der Waals surface area contributed by atoms with Crippen LogP contribution in [0.5, 0.6) is 0 Å². The van der Waals surface area contributed by atoms with Gasteiger partial charge in [-0.05, 0) is 45.3 Å². The number of aryl methyl sites for hydroxylation is 1. The van der Waals surface area contributed by atoms with Crippen LogP contribution < -0.4 is 10.6 Å². The highest BCUT2D eigenvalue weighted by atomic mass is 15.1. The van der Waals surface area contributed by atoms with Gasteiger partial charge in [-0.15, -0.1) is 0 Å². The highest BCUT2D eigenvalue weighted by Gasteiger charge is 2.10. The lowest BCUT2D eigenvalue weighted by Gasteiger charge is -2.15. The van der Waals surface area contributed by atoms with Crippen LogP contribution in [-0.2, 0) is 6.42 Å². The van der Waals surface area contributed by atoms with Gasteiger partial charge >= 0.3 is 0 Å². The molecule has 5 heteroatoms. The Morgan fingerprint density at radius 2 is 1.71 bits per heavy atom. The summed E-state index contributed by atoms with van der Waals surface area (Å²) in [4.78, 5) is 11.6.